The molecule has 0 spiro atoms. The van der Waals surface area contributed by atoms with Crippen molar-refractivity contribution in [2.75, 3.05) is 27.3 Å². The number of benzene rings is 1. The van der Waals surface area contributed by atoms with Gasteiger partial charge in [0.25, 0.3) is 5.56 Å². The first-order valence-corrected chi connectivity index (χ1v) is 9.23. The molecule has 0 unspecified atom stereocenters. The molecular weight excluding hydrogens is 348 g/mol. The lowest BCUT2D eigenvalue weighted by Crippen LogP contribution is -2.42. The zero-order valence-electron chi connectivity index (χ0n) is 15.8. The summed E-state index contributed by atoms with van der Waals surface area (Å²) in [6.07, 6.45) is 4.41. The minimum Gasteiger partial charge on any atom is -0.493 e. The van der Waals surface area contributed by atoms with Crippen LogP contribution in [0.2, 0.25) is 0 Å². The third-order valence-corrected chi connectivity index (χ3v) is 4.84. The van der Waals surface area contributed by atoms with Crippen molar-refractivity contribution in [2.45, 2.75) is 38.3 Å². The maximum atomic E-state index is 12.7. The summed E-state index contributed by atoms with van der Waals surface area (Å²) in [5.41, 5.74) is 0.400. The summed E-state index contributed by atoms with van der Waals surface area (Å²) in [4.78, 5) is 29.1. The predicted octanol–water partition coefficient (Wildman–Crippen LogP) is 1.06. The molecular formula is C19H26N4O4. The number of methoxy groups -OCH3 is 2. The Morgan fingerprint density at radius 3 is 2.67 bits per heavy atom. The Bertz CT molecular complexity index is 859. The first kappa shape index (κ1) is 19.2. The molecule has 1 aliphatic heterocycles. The summed E-state index contributed by atoms with van der Waals surface area (Å²) in [5, 5.41) is 6.81. The zero-order chi connectivity index (χ0) is 19.2. The van der Waals surface area contributed by atoms with Crippen molar-refractivity contribution < 1.29 is 14.3 Å². The van der Waals surface area contributed by atoms with Gasteiger partial charge in [0, 0.05) is 25.1 Å². The van der Waals surface area contributed by atoms with Gasteiger partial charge < -0.3 is 20.1 Å². The Balaban J connectivity index is 1.63. The summed E-state index contributed by atoms with van der Waals surface area (Å²) >= 11 is 0. The van der Waals surface area contributed by atoms with Crippen LogP contribution in [0.5, 0.6) is 11.5 Å². The maximum Gasteiger partial charge on any atom is 0.261 e. The fourth-order valence-corrected chi connectivity index (χ4v) is 3.32. The van der Waals surface area contributed by atoms with E-state index in [9.17, 15) is 9.59 Å². The average molecular weight is 374 g/mol. The van der Waals surface area contributed by atoms with Gasteiger partial charge in [0.05, 0.1) is 31.4 Å². The second-order valence-electron chi connectivity index (χ2n) is 6.66. The van der Waals surface area contributed by atoms with Gasteiger partial charge in [-0.15, -0.1) is 0 Å². The Kier molecular flexibility index (Phi) is 6.28. The van der Waals surface area contributed by atoms with Gasteiger partial charge in [0.1, 0.15) is 0 Å². The number of nitrogens with zero attached hydrogens (tertiary/aromatic N) is 2. The van der Waals surface area contributed by atoms with Crippen LogP contribution < -0.4 is 25.7 Å². The second kappa shape index (κ2) is 8.85. The first-order valence-electron chi connectivity index (χ1n) is 9.23. The van der Waals surface area contributed by atoms with E-state index in [0.29, 0.717) is 41.8 Å². The number of nitrogens with one attached hydrogen (secondary N) is 2. The highest BCUT2D eigenvalue weighted by molar-refractivity contribution is 5.81. The molecule has 8 nitrogen and oxygen atoms in total. The smallest absolute Gasteiger partial charge is 0.261 e. The summed E-state index contributed by atoms with van der Waals surface area (Å²) in [6.45, 7) is 2.32. The van der Waals surface area contributed by atoms with E-state index in [2.05, 4.69) is 15.6 Å². The topological polar surface area (TPSA) is 94.5 Å². The van der Waals surface area contributed by atoms with Crippen LogP contribution in [-0.4, -0.2) is 48.8 Å². The number of hydrogen-bond donors (Lipinski definition) is 2. The molecule has 2 aromatic rings. The number of carbonyl (C=O) groups excluding carboxylic acids is 1. The summed E-state index contributed by atoms with van der Waals surface area (Å²) in [7, 11) is 3.07. The van der Waals surface area contributed by atoms with E-state index in [4.69, 9.17) is 9.47 Å². The normalized spacial score (nSPS) is 14.9. The van der Waals surface area contributed by atoms with Crippen molar-refractivity contribution in [3.8, 4) is 11.5 Å². The zero-order valence-corrected chi connectivity index (χ0v) is 15.8. The van der Waals surface area contributed by atoms with Crippen molar-refractivity contribution in [3.63, 3.8) is 0 Å². The largest absolute Gasteiger partial charge is 0.493 e. The van der Waals surface area contributed by atoms with Crippen LogP contribution in [-0.2, 0) is 11.3 Å². The Labute approximate surface area is 157 Å². The lowest BCUT2D eigenvalue weighted by atomic mass is 10.1. The van der Waals surface area contributed by atoms with E-state index in [0.717, 1.165) is 25.9 Å². The molecule has 0 bridgehead atoms. The number of piperidine rings is 1. The van der Waals surface area contributed by atoms with Crippen molar-refractivity contribution in [2.24, 2.45) is 0 Å². The van der Waals surface area contributed by atoms with E-state index >= 15 is 0 Å². The van der Waals surface area contributed by atoms with Crippen molar-refractivity contribution in [1.29, 1.82) is 0 Å². The van der Waals surface area contributed by atoms with Gasteiger partial charge in [0.2, 0.25) is 5.91 Å². The molecule has 1 aliphatic rings. The Morgan fingerprint density at radius 1 is 1.26 bits per heavy atom. The molecule has 0 saturated carbocycles. The molecule has 3 rings (SSSR count). The molecule has 0 atom stereocenters. The maximum absolute atomic E-state index is 12.7. The molecule has 2 heterocycles. The molecule has 1 amide bonds. The number of aryl methyl sites for hydroxylation is 1. The third-order valence-electron chi connectivity index (χ3n) is 4.84. The summed E-state index contributed by atoms with van der Waals surface area (Å²) in [5.74, 6) is 1.06. The third kappa shape index (κ3) is 4.57. The summed E-state index contributed by atoms with van der Waals surface area (Å²) < 4.78 is 12.0. The van der Waals surface area contributed by atoms with Gasteiger partial charge in [-0.3, -0.25) is 14.2 Å². The quantitative estimate of drug-likeness (QED) is 0.753. The van der Waals surface area contributed by atoms with E-state index in [1.807, 2.05) is 0 Å². The van der Waals surface area contributed by atoms with Crippen LogP contribution in [0.1, 0.15) is 25.7 Å². The number of hydrogen-bond acceptors (Lipinski definition) is 6. The highest BCUT2D eigenvalue weighted by Crippen LogP contribution is 2.29. The number of amides is 1. The molecule has 0 radical (unpaired) electrons. The van der Waals surface area contributed by atoms with E-state index < -0.39 is 0 Å². The Hall–Kier alpha value is -2.61. The molecule has 0 aliphatic carbocycles. The summed E-state index contributed by atoms with van der Waals surface area (Å²) in [6, 6.07) is 3.59. The lowest BCUT2D eigenvalue weighted by Gasteiger charge is -2.23. The minimum absolute atomic E-state index is 0.0371. The molecule has 1 aromatic carbocycles. The van der Waals surface area contributed by atoms with Gasteiger partial charge in [-0.1, -0.05) is 0 Å². The van der Waals surface area contributed by atoms with Crippen LogP contribution in [0.3, 0.4) is 0 Å². The highest BCUT2D eigenvalue weighted by Gasteiger charge is 2.15. The lowest BCUT2D eigenvalue weighted by molar-refractivity contribution is -0.122. The van der Waals surface area contributed by atoms with Gasteiger partial charge in [-0.25, -0.2) is 4.98 Å². The van der Waals surface area contributed by atoms with E-state index in [-0.39, 0.29) is 17.5 Å². The molecule has 1 saturated heterocycles. The fourth-order valence-electron chi connectivity index (χ4n) is 3.32. The highest BCUT2D eigenvalue weighted by atomic mass is 16.5. The van der Waals surface area contributed by atoms with Crippen molar-refractivity contribution in [3.05, 3.63) is 28.8 Å². The molecule has 1 fully saturated rings. The number of fused-ring (bicyclic) bond motifs is 1. The van der Waals surface area contributed by atoms with E-state index in [1.165, 1.54) is 18.0 Å². The molecule has 1 aromatic heterocycles. The first-order chi connectivity index (χ1) is 13.1. The molecule has 8 heteroatoms. The molecule has 27 heavy (non-hydrogen) atoms. The van der Waals surface area contributed by atoms with Crippen LogP contribution in [0.15, 0.2) is 23.3 Å². The molecule has 146 valence electrons. The van der Waals surface area contributed by atoms with Gasteiger partial charge in [-0.05, 0) is 38.4 Å². The Morgan fingerprint density at radius 2 is 1.96 bits per heavy atom. The van der Waals surface area contributed by atoms with Crippen molar-refractivity contribution >= 4 is 16.8 Å². The fraction of sp³-hybridized carbons (Fsp3) is 0.526. The number of carbonyl (C=O) groups is 1. The van der Waals surface area contributed by atoms with Crippen LogP contribution in [0.4, 0.5) is 0 Å². The SMILES string of the molecule is COc1cc2ncn(CCCC(=O)NC3CCNCC3)c(=O)c2cc1OC. The van der Waals surface area contributed by atoms with E-state index in [1.54, 1.807) is 19.2 Å². The average Bonchev–Trinajstić information content (AvgIpc) is 2.69. The standard InChI is InChI=1S/C19H26N4O4/c1-26-16-10-14-15(11-17(16)27-2)21-12-23(19(14)25)9-3-4-18(24)22-13-5-7-20-8-6-13/h10-13,20H,3-9H2,1-2H3,(H,22,24). The van der Waals surface area contributed by atoms with Gasteiger partial charge >= 0.3 is 0 Å². The van der Waals surface area contributed by atoms with Crippen LogP contribution in [0, 0.1) is 0 Å². The van der Waals surface area contributed by atoms with Gasteiger partial charge in [0.15, 0.2) is 11.5 Å². The number of ether oxygens (including phenoxy) is 2. The second-order valence-corrected chi connectivity index (χ2v) is 6.66. The number of rotatable bonds is 7. The molecule has 2 N–H and O–H groups in total. The monoisotopic (exact) mass is 374 g/mol. The van der Waals surface area contributed by atoms with Gasteiger partial charge in [-0.2, -0.15) is 0 Å². The van der Waals surface area contributed by atoms with Crippen LogP contribution >= 0.6 is 0 Å². The van der Waals surface area contributed by atoms with Crippen molar-refractivity contribution in [1.82, 2.24) is 20.2 Å². The number of aromatic nitrogens is 2. The minimum atomic E-state index is -0.153. The van der Waals surface area contributed by atoms with Crippen LogP contribution in [0.25, 0.3) is 10.9 Å². The predicted molar refractivity (Wildman–Crippen MR) is 102 cm³/mol.